The van der Waals surface area contributed by atoms with E-state index in [1.807, 2.05) is 24.3 Å². The molecule has 1 aromatic carbocycles. The third-order valence-corrected chi connectivity index (χ3v) is 4.70. The first-order valence-corrected chi connectivity index (χ1v) is 7.56. The summed E-state index contributed by atoms with van der Waals surface area (Å²) in [6.07, 6.45) is 0. The van der Waals surface area contributed by atoms with Gasteiger partial charge in [-0.25, -0.2) is 0 Å². The third-order valence-electron chi connectivity index (χ3n) is 2.80. The number of aromatic nitrogens is 2. The van der Waals surface area contributed by atoms with Crippen molar-refractivity contribution < 1.29 is 9.53 Å². The standard InChI is InChI=1S/C12H11N3O2S2/c1-17-9-4-2-3-8(5-9)11-15(10(16)6-18-11)12-14-13-7-19-12/h2-5,7,11H,6H2,1H3/t11-/m1/s1. The van der Waals surface area contributed by atoms with Crippen molar-refractivity contribution in [1.82, 2.24) is 10.2 Å². The second-order valence-corrected chi connectivity index (χ2v) is 5.81. The highest BCUT2D eigenvalue weighted by Gasteiger charge is 2.35. The van der Waals surface area contributed by atoms with Gasteiger partial charge in [0, 0.05) is 0 Å². The quantitative estimate of drug-likeness (QED) is 0.869. The Balaban J connectivity index is 1.96. The molecule has 1 fully saturated rings. The zero-order valence-electron chi connectivity index (χ0n) is 10.1. The molecule has 3 rings (SSSR count). The highest BCUT2D eigenvalue weighted by atomic mass is 32.2. The summed E-state index contributed by atoms with van der Waals surface area (Å²) in [4.78, 5) is 13.7. The maximum atomic E-state index is 12.0. The van der Waals surface area contributed by atoms with Crippen LogP contribution in [0, 0.1) is 0 Å². The maximum Gasteiger partial charge on any atom is 0.240 e. The van der Waals surface area contributed by atoms with Crippen molar-refractivity contribution in [3.8, 4) is 5.75 Å². The van der Waals surface area contributed by atoms with Gasteiger partial charge in [-0.15, -0.1) is 22.0 Å². The Morgan fingerprint density at radius 2 is 2.37 bits per heavy atom. The van der Waals surface area contributed by atoms with Crippen LogP contribution in [0.4, 0.5) is 5.13 Å². The fourth-order valence-corrected chi connectivity index (χ4v) is 3.76. The number of carbonyl (C=O) groups is 1. The van der Waals surface area contributed by atoms with Crippen LogP contribution in [0.5, 0.6) is 5.75 Å². The Bertz CT molecular complexity index is 588. The number of hydrogen-bond acceptors (Lipinski definition) is 6. The van der Waals surface area contributed by atoms with E-state index in [9.17, 15) is 4.79 Å². The monoisotopic (exact) mass is 293 g/mol. The molecule has 7 heteroatoms. The van der Waals surface area contributed by atoms with Crippen LogP contribution < -0.4 is 9.64 Å². The molecular formula is C12H11N3O2S2. The molecule has 0 saturated carbocycles. The van der Waals surface area contributed by atoms with Crippen molar-refractivity contribution in [1.29, 1.82) is 0 Å². The molecule has 0 unspecified atom stereocenters. The number of nitrogens with zero attached hydrogens (tertiary/aromatic N) is 3. The largest absolute Gasteiger partial charge is 0.497 e. The second-order valence-electron chi connectivity index (χ2n) is 3.93. The van der Waals surface area contributed by atoms with Gasteiger partial charge in [0.25, 0.3) is 0 Å². The summed E-state index contributed by atoms with van der Waals surface area (Å²) in [5, 5.41) is 8.38. The van der Waals surface area contributed by atoms with Crippen molar-refractivity contribution in [3.05, 3.63) is 35.3 Å². The first-order chi connectivity index (χ1) is 9.29. The molecule has 1 aliphatic rings. The molecule has 1 aromatic heterocycles. The van der Waals surface area contributed by atoms with Gasteiger partial charge in [-0.05, 0) is 17.7 Å². The second kappa shape index (κ2) is 5.18. The summed E-state index contributed by atoms with van der Waals surface area (Å²) in [6.45, 7) is 0. The molecule has 0 N–H and O–H groups in total. The summed E-state index contributed by atoms with van der Waals surface area (Å²) in [5.41, 5.74) is 2.67. The fraction of sp³-hybridized carbons (Fsp3) is 0.250. The van der Waals surface area contributed by atoms with E-state index in [0.29, 0.717) is 10.9 Å². The minimum atomic E-state index is -0.0597. The first kappa shape index (κ1) is 12.4. The molecule has 19 heavy (non-hydrogen) atoms. The van der Waals surface area contributed by atoms with Gasteiger partial charge in [-0.2, -0.15) is 0 Å². The molecule has 1 atom stereocenters. The van der Waals surface area contributed by atoms with Crippen LogP contribution in [0.15, 0.2) is 29.8 Å². The molecule has 0 radical (unpaired) electrons. The number of rotatable bonds is 3. The topological polar surface area (TPSA) is 55.3 Å². The molecule has 0 aliphatic carbocycles. The number of thioether (sulfide) groups is 1. The fourth-order valence-electron chi connectivity index (χ4n) is 1.94. The van der Waals surface area contributed by atoms with Crippen LogP contribution in [0.3, 0.4) is 0 Å². The number of anilines is 1. The Morgan fingerprint density at radius 1 is 1.47 bits per heavy atom. The predicted octanol–water partition coefficient (Wildman–Crippen LogP) is 2.33. The van der Waals surface area contributed by atoms with E-state index in [1.165, 1.54) is 11.3 Å². The number of methoxy groups -OCH3 is 1. The maximum absolute atomic E-state index is 12.0. The lowest BCUT2D eigenvalue weighted by Crippen LogP contribution is -2.27. The van der Waals surface area contributed by atoms with Crippen LogP contribution in [0.2, 0.25) is 0 Å². The Morgan fingerprint density at radius 3 is 3.11 bits per heavy atom. The molecule has 2 aromatic rings. The van der Waals surface area contributed by atoms with Gasteiger partial charge in [0.15, 0.2) is 0 Å². The van der Waals surface area contributed by atoms with E-state index in [4.69, 9.17) is 4.74 Å². The Hall–Kier alpha value is -1.60. The van der Waals surface area contributed by atoms with Crippen molar-refractivity contribution >= 4 is 34.1 Å². The molecule has 2 heterocycles. The lowest BCUT2D eigenvalue weighted by Gasteiger charge is -2.21. The SMILES string of the molecule is COc1cccc([C@H]2SCC(=O)N2c2nncs2)c1. The van der Waals surface area contributed by atoms with Gasteiger partial charge in [-0.1, -0.05) is 23.5 Å². The number of hydrogen-bond donors (Lipinski definition) is 0. The summed E-state index contributed by atoms with van der Waals surface area (Å²) in [5.74, 6) is 1.31. The first-order valence-electron chi connectivity index (χ1n) is 5.63. The molecular weight excluding hydrogens is 282 g/mol. The Kier molecular flexibility index (Phi) is 3.39. The van der Waals surface area contributed by atoms with E-state index in [0.717, 1.165) is 11.3 Å². The van der Waals surface area contributed by atoms with Crippen LogP contribution in [0.1, 0.15) is 10.9 Å². The molecule has 0 bridgehead atoms. The molecule has 5 nitrogen and oxygen atoms in total. The number of carbonyl (C=O) groups excluding carboxylic acids is 1. The van der Waals surface area contributed by atoms with E-state index in [1.54, 1.807) is 29.3 Å². The molecule has 0 spiro atoms. The van der Waals surface area contributed by atoms with Crippen molar-refractivity contribution in [3.63, 3.8) is 0 Å². The van der Waals surface area contributed by atoms with Crippen LogP contribution >= 0.6 is 23.1 Å². The van der Waals surface area contributed by atoms with Crippen LogP contribution in [0.25, 0.3) is 0 Å². The van der Waals surface area contributed by atoms with E-state index < -0.39 is 0 Å². The van der Waals surface area contributed by atoms with Crippen LogP contribution in [-0.2, 0) is 4.79 Å². The lowest BCUT2D eigenvalue weighted by molar-refractivity contribution is -0.115. The minimum absolute atomic E-state index is 0.0597. The van der Waals surface area contributed by atoms with Gasteiger partial charge in [0.1, 0.15) is 16.6 Å². The number of amides is 1. The molecule has 1 amide bonds. The zero-order valence-corrected chi connectivity index (χ0v) is 11.8. The van der Waals surface area contributed by atoms with E-state index in [-0.39, 0.29) is 11.3 Å². The normalized spacial score (nSPS) is 18.9. The minimum Gasteiger partial charge on any atom is -0.497 e. The summed E-state index contributed by atoms with van der Waals surface area (Å²) < 4.78 is 5.23. The Labute approximate surface area is 118 Å². The van der Waals surface area contributed by atoms with Crippen molar-refractivity contribution in [2.75, 3.05) is 17.8 Å². The number of ether oxygens (including phenoxy) is 1. The average Bonchev–Trinajstić information content (AvgIpc) is 3.07. The van der Waals surface area contributed by atoms with Gasteiger partial charge < -0.3 is 4.74 Å². The highest BCUT2D eigenvalue weighted by Crippen LogP contribution is 2.42. The van der Waals surface area contributed by atoms with Gasteiger partial charge in [0.05, 0.1) is 12.9 Å². The van der Waals surface area contributed by atoms with E-state index >= 15 is 0 Å². The summed E-state index contributed by atoms with van der Waals surface area (Å²) in [6, 6.07) is 7.76. The van der Waals surface area contributed by atoms with Crippen molar-refractivity contribution in [2.45, 2.75) is 5.37 Å². The van der Waals surface area contributed by atoms with Gasteiger partial charge >= 0.3 is 0 Å². The molecule has 1 aliphatic heterocycles. The summed E-state index contributed by atoms with van der Waals surface area (Å²) in [7, 11) is 1.63. The van der Waals surface area contributed by atoms with Crippen LogP contribution in [-0.4, -0.2) is 29.0 Å². The van der Waals surface area contributed by atoms with Gasteiger partial charge in [0.2, 0.25) is 11.0 Å². The van der Waals surface area contributed by atoms with Crippen molar-refractivity contribution in [2.24, 2.45) is 0 Å². The zero-order chi connectivity index (χ0) is 13.2. The molecule has 98 valence electrons. The average molecular weight is 293 g/mol. The number of benzene rings is 1. The smallest absolute Gasteiger partial charge is 0.240 e. The van der Waals surface area contributed by atoms with E-state index in [2.05, 4.69) is 10.2 Å². The third kappa shape index (κ3) is 2.31. The van der Waals surface area contributed by atoms with Gasteiger partial charge in [-0.3, -0.25) is 9.69 Å². The molecule has 1 saturated heterocycles. The predicted molar refractivity (Wildman–Crippen MR) is 75.6 cm³/mol. The summed E-state index contributed by atoms with van der Waals surface area (Å²) >= 11 is 2.96. The highest BCUT2D eigenvalue weighted by molar-refractivity contribution is 8.00. The lowest BCUT2D eigenvalue weighted by atomic mass is 10.2.